The molecule has 1 heterocycles. The number of benzene rings is 1. The second-order valence-electron chi connectivity index (χ2n) is 5.86. The number of piperidine rings is 1. The molecule has 2 N–H and O–H groups in total. The van der Waals surface area contributed by atoms with Gasteiger partial charge in [-0.25, -0.2) is 0 Å². The third-order valence-electron chi connectivity index (χ3n) is 4.22. The average molecular weight is 288 g/mol. The van der Waals surface area contributed by atoms with Gasteiger partial charge in [0.15, 0.2) is 0 Å². The summed E-state index contributed by atoms with van der Waals surface area (Å²) in [5.41, 5.74) is 0.300. The first-order chi connectivity index (χ1) is 10.1. The van der Waals surface area contributed by atoms with Crippen LogP contribution in [0.15, 0.2) is 24.3 Å². The number of likely N-dealkylation sites (tertiary alicyclic amines) is 1. The maximum atomic E-state index is 12.1. The maximum absolute atomic E-state index is 12.1. The van der Waals surface area contributed by atoms with E-state index in [2.05, 4.69) is 5.32 Å². The van der Waals surface area contributed by atoms with E-state index in [9.17, 15) is 14.7 Å². The number of amides is 2. The summed E-state index contributed by atoms with van der Waals surface area (Å²) in [6.45, 7) is 1.42. The molecule has 0 unspecified atom stereocenters. The minimum atomic E-state index is -0.250. The lowest BCUT2D eigenvalue weighted by Crippen LogP contribution is -2.47. The summed E-state index contributed by atoms with van der Waals surface area (Å²) in [5.74, 6) is 0.286. The van der Waals surface area contributed by atoms with Crippen LogP contribution in [-0.4, -0.2) is 41.0 Å². The number of aromatic hydroxyl groups is 1. The van der Waals surface area contributed by atoms with Gasteiger partial charge >= 0.3 is 0 Å². The van der Waals surface area contributed by atoms with Gasteiger partial charge < -0.3 is 15.3 Å². The zero-order valence-electron chi connectivity index (χ0n) is 11.9. The molecule has 0 aromatic heterocycles. The topological polar surface area (TPSA) is 69.6 Å². The van der Waals surface area contributed by atoms with Crippen molar-refractivity contribution in [3.05, 3.63) is 29.8 Å². The number of nitrogens with one attached hydrogen (secondary N) is 1. The fraction of sp³-hybridized carbons (Fsp3) is 0.500. The van der Waals surface area contributed by atoms with Gasteiger partial charge in [-0.2, -0.15) is 0 Å². The number of phenolic OH excluding ortho intramolecular Hbond substituents is 1. The van der Waals surface area contributed by atoms with E-state index >= 15 is 0 Å². The van der Waals surface area contributed by atoms with Gasteiger partial charge in [0.25, 0.3) is 5.91 Å². The molecule has 2 aliphatic rings. The molecule has 1 aliphatic heterocycles. The highest BCUT2D eigenvalue weighted by atomic mass is 16.3. The zero-order valence-corrected chi connectivity index (χ0v) is 11.9. The van der Waals surface area contributed by atoms with Gasteiger partial charge in [-0.1, -0.05) is 12.1 Å². The second-order valence-corrected chi connectivity index (χ2v) is 5.86. The van der Waals surface area contributed by atoms with E-state index in [1.807, 2.05) is 4.90 Å². The van der Waals surface area contributed by atoms with Crippen molar-refractivity contribution in [1.29, 1.82) is 0 Å². The van der Waals surface area contributed by atoms with Crippen LogP contribution in [0, 0.1) is 5.92 Å². The standard InChI is InChI=1S/C16H20N2O3/c19-14-4-2-1-3-13(14)15(20)17-12-7-9-18(10-8-12)16(21)11-5-6-11/h1-4,11-12,19H,5-10H2,(H,17,20). The molecular weight excluding hydrogens is 268 g/mol. The molecule has 0 atom stereocenters. The van der Waals surface area contributed by atoms with Crippen LogP contribution < -0.4 is 5.32 Å². The van der Waals surface area contributed by atoms with Crippen LogP contribution in [0.25, 0.3) is 0 Å². The summed E-state index contributed by atoms with van der Waals surface area (Å²) in [7, 11) is 0. The summed E-state index contributed by atoms with van der Waals surface area (Å²) >= 11 is 0. The van der Waals surface area contributed by atoms with Gasteiger partial charge in [0, 0.05) is 25.0 Å². The van der Waals surface area contributed by atoms with E-state index in [1.165, 1.54) is 6.07 Å². The van der Waals surface area contributed by atoms with E-state index in [0.717, 1.165) is 25.7 Å². The highest BCUT2D eigenvalue weighted by Crippen LogP contribution is 2.31. The number of phenols is 1. The molecule has 1 aromatic carbocycles. The molecule has 1 aliphatic carbocycles. The number of carbonyl (C=O) groups excluding carboxylic acids is 2. The molecule has 2 amide bonds. The highest BCUT2D eigenvalue weighted by Gasteiger charge is 2.35. The van der Waals surface area contributed by atoms with Crippen LogP contribution in [0.5, 0.6) is 5.75 Å². The molecule has 5 nitrogen and oxygen atoms in total. The van der Waals surface area contributed by atoms with Crippen molar-refractivity contribution >= 4 is 11.8 Å². The van der Waals surface area contributed by atoms with E-state index < -0.39 is 0 Å². The molecule has 0 bridgehead atoms. The lowest BCUT2D eigenvalue weighted by molar-refractivity contribution is -0.133. The fourth-order valence-electron chi connectivity index (χ4n) is 2.76. The molecule has 21 heavy (non-hydrogen) atoms. The van der Waals surface area contributed by atoms with Gasteiger partial charge in [0.05, 0.1) is 5.56 Å². The van der Waals surface area contributed by atoms with Crippen molar-refractivity contribution in [2.24, 2.45) is 5.92 Å². The molecule has 1 saturated heterocycles. The van der Waals surface area contributed by atoms with E-state index in [-0.39, 0.29) is 29.5 Å². The number of para-hydroxylation sites is 1. The molecule has 5 heteroatoms. The summed E-state index contributed by atoms with van der Waals surface area (Å²) in [5, 5.41) is 12.6. The van der Waals surface area contributed by atoms with Crippen molar-refractivity contribution in [2.45, 2.75) is 31.7 Å². The van der Waals surface area contributed by atoms with Gasteiger partial charge in [-0.05, 0) is 37.8 Å². The zero-order chi connectivity index (χ0) is 14.8. The monoisotopic (exact) mass is 288 g/mol. The van der Waals surface area contributed by atoms with Gasteiger partial charge in [-0.3, -0.25) is 9.59 Å². The van der Waals surface area contributed by atoms with Gasteiger partial charge in [-0.15, -0.1) is 0 Å². The average Bonchev–Trinajstić information content (AvgIpc) is 3.32. The molecule has 1 aromatic rings. The lowest BCUT2D eigenvalue weighted by atomic mass is 10.0. The van der Waals surface area contributed by atoms with Crippen LogP contribution >= 0.6 is 0 Å². The third-order valence-corrected chi connectivity index (χ3v) is 4.22. The summed E-state index contributed by atoms with van der Waals surface area (Å²) in [6, 6.07) is 6.60. The van der Waals surface area contributed by atoms with Crippen LogP contribution in [-0.2, 0) is 4.79 Å². The molecule has 1 saturated carbocycles. The molecule has 3 rings (SSSR count). The van der Waals surface area contributed by atoms with Crippen LogP contribution in [0.4, 0.5) is 0 Å². The van der Waals surface area contributed by atoms with Crippen molar-refractivity contribution in [3.8, 4) is 5.75 Å². The van der Waals surface area contributed by atoms with E-state index in [4.69, 9.17) is 0 Å². The van der Waals surface area contributed by atoms with Gasteiger partial charge in [0.2, 0.25) is 5.91 Å². The van der Waals surface area contributed by atoms with E-state index in [0.29, 0.717) is 18.7 Å². The first-order valence-corrected chi connectivity index (χ1v) is 7.53. The fourth-order valence-corrected chi connectivity index (χ4v) is 2.76. The Kier molecular flexibility index (Phi) is 3.82. The summed E-state index contributed by atoms with van der Waals surface area (Å²) in [4.78, 5) is 26.0. The number of nitrogens with zero attached hydrogens (tertiary/aromatic N) is 1. The van der Waals surface area contributed by atoms with Crippen LogP contribution in [0.1, 0.15) is 36.0 Å². The van der Waals surface area contributed by atoms with Crippen LogP contribution in [0.3, 0.4) is 0 Å². The van der Waals surface area contributed by atoms with Crippen LogP contribution in [0.2, 0.25) is 0 Å². The third kappa shape index (κ3) is 3.17. The number of rotatable bonds is 3. The van der Waals surface area contributed by atoms with Gasteiger partial charge in [0.1, 0.15) is 5.75 Å². The quantitative estimate of drug-likeness (QED) is 0.886. The predicted molar refractivity (Wildman–Crippen MR) is 77.9 cm³/mol. The Hall–Kier alpha value is -2.04. The van der Waals surface area contributed by atoms with E-state index in [1.54, 1.807) is 18.2 Å². The Morgan fingerprint density at radius 3 is 2.38 bits per heavy atom. The van der Waals surface area contributed by atoms with Crippen molar-refractivity contribution in [2.75, 3.05) is 13.1 Å². The first kappa shape index (κ1) is 13.9. The summed E-state index contributed by atoms with van der Waals surface area (Å²) < 4.78 is 0. The predicted octanol–water partition coefficient (Wildman–Crippen LogP) is 1.52. The smallest absolute Gasteiger partial charge is 0.255 e. The first-order valence-electron chi connectivity index (χ1n) is 7.53. The maximum Gasteiger partial charge on any atom is 0.255 e. The molecule has 112 valence electrons. The Balaban J connectivity index is 1.52. The molecule has 2 fully saturated rings. The minimum Gasteiger partial charge on any atom is -0.507 e. The highest BCUT2D eigenvalue weighted by molar-refractivity contribution is 5.96. The molecular formula is C16H20N2O3. The number of hydrogen-bond donors (Lipinski definition) is 2. The molecule has 0 radical (unpaired) electrons. The molecule has 0 spiro atoms. The van der Waals surface area contributed by atoms with Crippen molar-refractivity contribution < 1.29 is 14.7 Å². The Morgan fingerprint density at radius 1 is 1.10 bits per heavy atom. The van der Waals surface area contributed by atoms with Crippen molar-refractivity contribution in [1.82, 2.24) is 10.2 Å². The Morgan fingerprint density at radius 2 is 1.76 bits per heavy atom. The minimum absolute atomic E-state index is 0.00338. The number of carbonyl (C=O) groups is 2. The number of hydrogen-bond acceptors (Lipinski definition) is 3. The van der Waals surface area contributed by atoms with Crippen molar-refractivity contribution in [3.63, 3.8) is 0 Å². The normalized spacial score (nSPS) is 19.3. The lowest BCUT2D eigenvalue weighted by Gasteiger charge is -2.32. The largest absolute Gasteiger partial charge is 0.507 e. The SMILES string of the molecule is O=C(NC1CCN(C(=O)C2CC2)CC1)c1ccccc1O. The summed E-state index contributed by atoms with van der Waals surface area (Å²) in [6.07, 6.45) is 3.61. The Labute approximate surface area is 123 Å². The Bertz CT molecular complexity index is 546. The second kappa shape index (κ2) is 5.76.